The minimum absolute atomic E-state index is 0.205. The zero-order valence-corrected chi connectivity index (χ0v) is 15.2. The van der Waals surface area contributed by atoms with E-state index in [4.69, 9.17) is 9.47 Å². The Hall–Kier alpha value is -2.18. The number of hydrogen-bond donors (Lipinski definition) is 1. The lowest BCUT2D eigenvalue weighted by Crippen LogP contribution is -2.27. The molecule has 1 atom stereocenters. The van der Waals surface area contributed by atoms with E-state index in [1.165, 1.54) is 11.3 Å². The van der Waals surface area contributed by atoms with E-state index in [-0.39, 0.29) is 12.5 Å². The van der Waals surface area contributed by atoms with Crippen molar-refractivity contribution in [2.45, 2.75) is 32.8 Å². The quantitative estimate of drug-likeness (QED) is 0.819. The molecular formula is C19H21NO4S. The fraction of sp³-hybridized carbons (Fsp3) is 0.368. The van der Waals surface area contributed by atoms with E-state index in [0.29, 0.717) is 23.6 Å². The van der Waals surface area contributed by atoms with Crippen molar-refractivity contribution in [1.82, 2.24) is 0 Å². The fourth-order valence-corrected chi connectivity index (χ4v) is 4.03. The number of benzene rings is 1. The minimum Gasteiger partial charge on any atom is -0.462 e. The lowest BCUT2D eigenvalue weighted by molar-refractivity contribution is -0.124. The first-order chi connectivity index (χ1) is 12.1. The predicted octanol–water partition coefficient (Wildman–Crippen LogP) is 4.02. The van der Waals surface area contributed by atoms with Gasteiger partial charge in [0.2, 0.25) is 0 Å². The summed E-state index contributed by atoms with van der Waals surface area (Å²) in [5.74, 6) is -0.628. The largest absolute Gasteiger partial charge is 0.462 e. The van der Waals surface area contributed by atoms with Crippen LogP contribution in [0.15, 0.2) is 30.3 Å². The van der Waals surface area contributed by atoms with Crippen LogP contribution in [0.25, 0.3) is 11.1 Å². The van der Waals surface area contributed by atoms with Crippen LogP contribution in [0, 0.1) is 6.92 Å². The van der Waals surface area contributed by atoms with Gasteiger partial charge in [0, 0.05) is 17.0 Å². The summed E-state index contributed by atoms with van der Waals surface area (Å²) >= 11 is 1.39. The molecular weight excluding hydrogens is 338 g/mol. The van der Waals surface area contributed by atoms with Crippen LogP contribution in [0.2, 0.25) is 0 Å². The summed E-state index contributed by atoms with van der Waals surface area (Å²) in [7, 11) is 0. The standard InChI is InChI=1S/C19H21NO4S/c1-3-23-19(22)16-15(13-8-5-4-6-9-13)12(2)25-18(16)20-17(21)14-10-7-11-24-14/h4-6,8-9,14H,3,7,10-11H2,1-2H3,(H,20,21). The molecule has 1 aliphatic heterocycles. The smallest absolute Gasteiger partial charge is 0.341 e. The third kappa shape index (κ3) is 3.75. The maximum Gasteiger partial charge on any atom is 0.341 e. The summed E-state index contributed by atoms with van der Waals surface area (Å²) in [5.41, 5.74) is 2.16. The van der Waals surface area contributed by atoms with Crippen molar-refractivity contribution >= 4 is 28.2 Å². The third-order valence-corrected chi connectivity index (χ3v) is 5.11. The Morgan fingerprint density at radius 1 is 1.32 bits per heavy atom. The van der Waals surface area contributed by atoms with Crippen molar-refractivity contribution in [3.8, 4) is 11.1 Å². The molecule has 1 aromatic heterocycles. The van der Waals surface area contributed by atoms with Crippen molar-refractivity contribution in [2.24, 2.45) is 0 Å². The number of nitrogens with one attached hydrogen (secondary N) is 1. The number of thiophene rings is 1. The molecule has 1 fully saturated rings. The van der Waals surface area contributed by atoms with Crippen molar-refractivity contribution in [3.05, 3.63) is 40.8 Å². The second kappa shape index (κ2) is 7.80. The van der Waals surface area contributed by atoms with Gasteiger partial charge < -0.3 is 14.8 Å². The van der Waals surface area contributed by atoms with E-state index in [1.807, 2.05) is 37.3 Å². The van der Waals surface area contributed by atoms with E-state index < -0.39 is 12.1 Å². The summed E-state index contributed by atoms with van der Waals surface area (Å²) in [4.78, 5) is 26.0. The van der Waals surface area contributed by atoms with Gasteiger partial charge in [-0.1, -0.05) is 30.3 Å². The second-order valence-electron chi connectivity index (χ2n) is 5.81. The monoisotopic (exact) mass is 359 g/mol. The van der Waals surface area contributed by atoms with Crippen LogP contribution < -0.4 is 5.32 Å². The van der Waals surface area contributed by atoms with E-state index in [9.17, 15) is 9.59 Å². The lowest BCUT2D eigenvalue weighted by Gasteiger charge is -2.11. The Morgan fingerprint density at radius 2 is 2.08 bits per heavy atom. The molecule has 5 nitrogen and oxygen atoms in total. The molecule has 132 valence electrons. The van der Waals surface area contributed by atoms with Gasteiger partial charge in [-0.15, -0.1) is 11.3 Å². The number of esters is 1. The number of anilines is 1. The Labute approximate surface area is 151 Å². The molecule has 1 aliphatic rings. The minimum atomic E-state index is -0.447. The Kier molecular flexibility index (Phi) is 5.50. The number of carbonyl (C=O) groups excluding carboxylic acids is 2. The van der Waals surface area contributed by atoms with Gasteiger partial charge >= 0.3 is 5.97 Å². The Bertz CT molecular complexity index is 763. The van der Waals surface area contributed by atoms with Crippen LogP contribution in [-0.2, 0) is 14.3 Å². The molecule has 0 spiro atoms. The average molecular weight is 359 g/mol. The van der Waals surface area contributed by atoms with Gasteiger partial charge in [-0.25, -0.2) is 4.79 Å². The molecule has 1 amide bonds. The number of aryl methyl sites for hydroxylation is 1. The van der Waals surface area contributed by atoms with Gasteiger partial charge in [-0.05, 0) is 32.3 Å². The summed E-state index contributed by atoms with van der Waals surface area (Å²) in [6, 6.07) is 9.67. The highest BCUT2D eigenvalue weighted by Crippen LogP contribution is 2.40. The average Bonchev–Trinajstić information content (AvgIpc) is 3.24. The van der Waals surface area contributed by atoms with Crippen molar-refractivity contribution in [2.75, 3.05) is 18.5 Å². The molecule has 25 heavy (non-hydrogen) atoms. The number of ether oxygens (including phenoxy) is 2. The van der Waals surface area contributed by atoms with E-state index in [1.54, 1.807) is 6.92 Å². The molecule has 0 aliphatic carbocycles. The molecule has 0 bridgehead atoms. The molecule has 2 aromatic rings. The summed E-state index contributed by atoms with van der Waals surface area (Å²) < 4.78 is 10.7. The zero-order chi connectivity index (χ0) is 17.8. The molecule has 0 saturated carbocycles. The molecule has 2 heterocycles. The van der Waals surface area contributed by atoms with Gasteiger partial charge in [-0.2, -0.15) is 0 Å². The highest BCUT2D eigenvalue weighted by molar-refractivity contribution is 7.17. The maximum absolute atomic E-state index is 12.6. The number of amides is 1. The summed E-state index contributed by atoms with van der Waals surface area (Å²) in [6.45, 7) is 4.59. The topological polar surface area (TPSA) is 64.6 Å². The van der Waals surface area contributed by atoms with Gasteiger partial charge in [0.1, 0.15) is 16.7 Å². The second-order valence-corrected chi connectivity index (χ2v) is 7.04. The number of hydrogen-bond acceptors (Lipinski definition) is 5. The molecule has 0 radical (unpaired) electrons. The highest BCUT2D eigenvalue weighted by atomic mass is 32.1. The maximum atomic E-state index is 12.6. The van der Waals surface area contributed by atoms with Crippen LogP contribution in [0.3, 0.4) is 0 Å². The first kappa shape index (κ1) is 17.6. The van der Waals surface area contributed by atoms with Gasteiger partial charge in [0.25, 0.3) is 5.91 Å². The first-order valence-corrected chi connectivity index (χ1v) is 9.21. The van der Waals surface area contributed by atoms with Crippen LogP contribution in [-0.4, -0.2) is 31.2 Å². The number of rotatable bonds is 5. The highest BCUT2D eigenvalue weighted by Gasteiger charge is 2.29. The van der Waals surface area contributed by atoms with Crippen LogP contribution >= 0.6 is 11.3 Å². The van der Waals surface area contributed by atoms with Gasteiger partial charge in [0.15, 0.2) is 0 Å². The molecule has 6 heteroatoms. The SMILES string of the molecule is CCOC(=O)c1c(NC(=O)C2CCCO2)sc(C)c1-c1ccccc1. The van der Waals surface area contributed by atoms with E-state index >= 15 is 0 Å². The van der Waals surface area contributed by atoms with Crippen LogP contribution in [0.5, 0.6) is 0 Å². The van der Waals surface area contributed by atoms with Gasteiger partial charge in [-0.3, -0.25) is 4.79 Å². The van der Waals surface area contributed by atoms with E-state index in [2.05, 4.69) is 5.32 Å². The first-order valence-electron chi connectivity index (χ1n) is 8.40. The molecule has 1 unspecified atom stereocenters. The third-order valence-electron chi connectivity index (χ3n) is 4.09. The van der Waals surface area contributed by atoms with Crippen molar-refractivity contribution in [3.63, 3.8) is 0 Å². The Balaban J connectivity index is 1.99. The van der Waals surface area contributed by atoms with Crippen molar-refractivity contribution < 1.29 is 19.1 Å². The predicted molar refractivity (Wildman–Crippen MR) is 98.1 cm³/mol. The van der Waals surface area contributed by atoms with E-state index in [0.717, 1.165) is 22.4 Å². The number of carbonyl (C=O) groups is 2. The van der Waals surface area contributed by atoms with Crippen LogP contribution in [0.4, 0.5) is 5.00 Å². The fourth-order valence-electron chi connectivity index (χ4n) is 2.96. The summed E-state index contributed by atoms with van der Waals surface area (Å²) in [6.07, 6.45) is 1.13. The Morgan fingerprint density at radius 3 is 2.72 bits per heavy atom. The van der Waals surface area contributed by atoms with Crippen molar-refractivity contribution in [1.29, 1.82) is 0 Å². The molecule has 1 saturated heterocycles. The molecule has 1 aromatic carbocycles. The van der Waals surface area contributed by atoms with Crippen LogP contribution in [0.1, 0.15) is 35.0 Å². The summed E-state index contributed by atoms with van der Waals surface area (Å²) in [5, 5.41) is 3.40. The molecule has 3 rings (SSSR count). The zero-order valence-electron chi connectivity index (χ0n) is 14.3. The normalized spacial score (nSPS) is 16.6. The van der Waals surface area contributed by atoms with Gasteiger partial charge in [0.05, 0.1) is 6.61 Å². The molecule has 1 N–H and O–H groups in total. The lowest BCUT2D eigenvalue weighted by atomic mass is 10.0.